The molecule has 0 atom stereocenters. The van der Waals surface area contributed by atoms with Crippen LogP contribution in [0.2, 0.25) is 0 Å². The van der Waals surface area contributed by atoms with Gasteiger partial charge in [-0.3, -0.25) is 4.79 Å². The van der Waals surface area contributed by atoms with E-state index in [2.05, 4.69) is 5.32 Å². The Kier molecular flexibility index (Phi) is 7.05. The number of hydrogen-bond donors (Lipinski definition) is 1. The number of sulfonamides is 1. The maximum absolute atomic E-state index is 14.3. The third kappa shape index (κ3) is 5.58. The Hall–Kier alpha value is -3.23. The van der Waals surface area contributed by atoms with Gasteiger partial charge in [0, 0.05) is 25.2 Å². The average molecular weight is 469 g/mol. The molecule has 0 aromatic heterocycles. The van der Waals surface area contributed by atoms with Crippen LogP contribution >= 0.6 is 0 Å². The van der Waals surface area contributed by atoms with Crippen molar-refractivity contribution < 1.29 is 22.3 Å². The van der Waals surface area contributed by atoms with E-state index in [0.717, 1.165) is 36.1 Å². The van der Waals surface area contributed by atoms with Gasteiger partial charge in [0.1, 0.15) is 23.1 Å². The maximum atomic E-state index is 14.3. The molecule has 0 saturated carbocycles. The molecule has 1 heterocycles. The van der Waals surface area contributed by atoms with Crippen LogP contribution in [0.5, 0.6) is 5.75 Å². The monoisotopic (exact) mass is 468 g/mol. The molecule has 3 aromatic rings. The molecule has 1 saturated heterocycles. The number of benzene rings is 3. The van der Waals surface area contributed by atoms with Crippen molar-refractivity contribution >= 4 is 15.9 Å². The molecule has 0 radical (unpaired) electrons. The van der Waals surface area contributed by atoms with Crippen molar-refractivity contribution in [2.24, 2.45) is 0 Å². The first kappa shape index (κ1) is 22.9. The summed E-state index contributed by atoms with van der Waals surface area (Å²) in [5.41, 5.74) is 2.01. The summed E-state index contributed by atoms with van der Waals surface area (Å²) in [6.07, 6.45) is 1.49. The number of rotatable bonds is 8. The molecule has 1 aliphatic heterocycles. The number of carbonyl (C=O) groups is 1. The summed E-state index contributed by atoms with van der Waals surface area (Å²) < 4.78 is 46.8. The summed E-state index contributed by atoms with van der Waals surface area (Å²) in [4.78, 5) is 12.1. The number of nitrogens with one attached hydrogen (secondary N) is 1. The second-order valence-electron chi connectivity index (χ2n) is 7.86. The molecule has 172 valence electrons. The van der Waals surface area contributed by atoms with Gasteiger partial charge in [0.25, 0.3) is 5.91 Å². The molecule has 1 amide bonds. The Morgan fingerprint density at radius 2 is 1.64 bits per heavy atom. The lowest BCUT2D eigenvalue weighted by atomic mass is 10.2. The molecule has 1 aliphatic rings. The van der Waals surface area contributed by atoms with Gasteiger partial charge in [-0.25, -0.2) is 12.8 Å². The number of halogens is 1. The third-order valence-electron chi connectivity index (χ3n) is 5.50. The number of carbonyl (C=O) groups excluding carboxylic acids is 1. The smallest absolute Gasteiger partial charge is 0.251 e. The van der Waals surface area contributed by atoms with E-state index in [1.807, 2.05) is 54.6 Å². The minimum atomic E-state index is -3.96. The Labute approximate surface area is 193 Å². The number of nitrogens with zero attached hydrogens (tertiary/aromatic N) is 1. The van der Waals surface area contributed by atoms with E-state index in [0.29, 0.717) is 25.4 Å². The molecule has 8 heteroatoms. The molecule has 0 bridgehead atoms. The third-order valence-corrected chi connectivity index (χ3v) is 7.41. The zero-order chi connectivity index (χ0) is 23.3. The predicted molar refractivity (Wildman–Crippen MR) is 123 cm³/mol. The molecule has 3 aromatic carbocycles. The van der Waals surface area contributed by atoms with Crippen molar-refractivity contribution in [2.45, 2.75) is 30.9 Å². The van der Waals surface area contributed by atoms with E-state index in [9.17, 15) is 17.6 Å². The fourth-order valence-corrected chi connectivity index (χ4v) is 5.25. The zero-order valence-electron chi connectivity index (χ0n) is 18.0. The van der Waals surface area contributed by atoms with Gasteiger partial charge in [0.15, 0.2) is 0 Å². The fraction of sp³-hybridized carbons (Fsp3) is 0.240. The topological polar surface area (TPSA) is 75.7 Å². The maximum Gasteiger partial charge on any atom is 0.251 e. The highest BCUT2D eigenvalue weighted by Crippen LogP contribution is 2.24. The van der Waals surface area contributed by atoms with Crippen LogP contribution in [-0.4, -0.2) is 31.7 Å². The Morgan fingerprint density at radius 1 is 0.939 bits per heavy atom. The largest absolute Gasteiger partial charge is 0.489 e. The molecule has 0 spiro atoms. The highest BCUT2D eigenvalue weighted by Gasteiger charge is 2.30. The summed E-state index contributed by atoms with van der Waals surface area (Å²) in [5, 5.41) is 2.75. The molecule has 0 unspecified atom stereocenters. The minimum Gasteiger partial charge on any atom is -0.489 e. The number of hydrogen-bond acceptors (Lipinski definition) is 4. The van der Waals surface area contributed by atoms with Gasteiger partial charge in [-0.15, -0.1) is 0 Å². The van der Waals surface area contributed by atoms with Gasteiger partial charge in [-0.05, 0) is 54.3 Å². The molecule has 4 rings (SSSR count). The van der Waals surface area contributed by atoms with Gasteiger partial charge >= 0.3 is 0 Å². The van der Waals surface area contributed by atoms with Crippen LogP contribution in [0.1, 0.15) is 34.3 Å². The SMILES string of the molecule is O=C(NCc1ccc(OCc2ccccc2)cc1)c1ccc(F)c(S(=O)(=O)N2CCCC2)c1. The summed E-state index contributed by atoms with van der Waals surface area (Å²) >= 11 is 0. The van der Waals surface area contributed by atoms with E-state index in [1.165, 1.54) is 10.4 Å². The average Bonchev–Trinajstić information content (AvgIpc) is 3.39. The molecule has 6 nitrogen and oxygen atoms in total. The Balaban J connectivity index is 1.37. The normalized spacial score (nSPS) is 14.2. The lowest BCUT2D eigenvalue weighted by Crippen LogP contribution is -2.29. The quantitative estimate of drug-likeness (QED) is 0.540. The molecule has 33 heavy (non-hydrogen) atoms. The van der Waals surface area contributed by atoms with Crippen LogP contribution in [0.4, 0.5) is 4.39 Å². The predicted octanol–water partition coefficient (Wildman–Crippen LogP) is 4.12. The molecular formula is C25H25FN2O4S. The first-order valence-corrected chi connectivity index (χ1v) is 12.2. The van der Waals surface area contributed by atoms with Crippen molar-refractivity contribution in [1.82, 2.24) is 9.62 Å². The summed E-state index contributed by atoms with van der Waals surface area (Å²) in [7, 11) is -3.96. The Morgan fingerprint density at radius 3 is 2.33 bits per heavy atom. The number of amides is 1. The molecule has 1 fully saturated rings. The number of ether oxygens (including phenoxy) is 1. The fourth-order valence-electron chi connectivity index (χ4n) is 3.64. The first-order valence-electron chi connectivity index (χ1n) is 10.8. The van der Waals surface area contributed by atoms with E-state index in [4.69, 9.17) is 4.74 Å². The van der Waals surface area contributed by atoms with Crippen molar-refractivity contribution in [3.63, 3.8) is 0 Å². The Bertz CT molecular complexity index is 1210. The van der Waals surface area contributed by atoms with Gasteiger partial charge < -0.3 is 10.1 Å². The van der Waals surface area contributed by atoms with E-state index in [1.54, 1.807) is 0 Å². The molecule has 1 N–H and O–H groups in total. The molecule has 0 aliphatic carbocycles. The van der Waals surface area contributed by atoms with Gasteiger partial charge in [0.05, 0.1) is 0 Å². The zero-order valence-corrected chi connectivity index (χ0v) is 18.9. The van der Waals surface area contributed by atoms with Crippen LogP contribution in [0, 0.1) is 5.82 Å². The lowest BCUT2D eigenvalue weighted by Gasteiger charge is -2.16. The second-order valence-corrected chi connectivity index (χ2v) is 9.76. The van der Waals surface area contributed by atoms with Crippen LogP contribution in [0.3, 0.4) is 0 Å². The van der Waals surface area contributed by atoms with Gasteiger partial charge in [-0.1, -0.05) is 42.5 Å². The molecular weight excluding hydrogens is 443 g/mol. The van der Waals surface area contributed by atoms with Crippen LogP contribution in [0.15, 0.2) is 77.7 Å². The summed E-state index contributed by atoms with van der Waals surface area (Å²) in [6, 6.07) is 20.6. The van der Waals surface area contributed by atoms with Gasteiger partial charge in [-0.2, -0.15) is 4.31 Å². The van der Waals surface area contributed by atoms with Crippen LogP contribution in [0.25, 0.3) is 0 Å². The lowest BCUT2D eigenvalue weighted by molar-refractivity contribution is 0.0950. The van der Waals surface area contributed by atoms with Crippen molar-refractivity contribution in [2.75, 3.05) is 13.1 Å². The van der Waals surface area contributed by atoms with Gasteiger partial charge in [0.2, 0.25) is 10.0 Å². The van der Waals surface area contributed by atoms with E-state index < -0.39 is 26.6 Å². The van der Waals surface area contributed by atoms with Crippen molar-refractivity contribution in [1.29, 1.82) is 0 Å². The summed E-state index contributed by atoms with van der Waals surface area (Å²) in [6.45, 7) is 1.43. The standard InChI is InChI=1S/C25H25FN2O4S/c26-23-13-10-21(16-24(23)33(30,31)28-14-4-5-15-28)25(29)27-17-19-8-11-22(12-9-19)32-18-20-6-2-1-3-7-20/h1-3,6-13,16H,4-5,14-15,17-18H2,(H,27,29). The highest BCUT2D eigenvalue weighted by atomic mass is 32.2. The van der Waals surface area contributed by atoms with Crippen LogP contribution in [-0.2, 0) is 23.2 Å². The summed E-state index contributed by atoms with van der Waals surface area (Å²) in [5.74, 6) is -0.619. The second kappa shape index (κ2) is 10.1. The first-order chi connectivity index (χ1) is 15.9. The van der Waals surface area contributed by atoms with E-state index in [-0.39, 0.29) is 12.1 Å². The van der Waals surface area contributed by atoms with E-state index >= 15 is 0 Å². The van der Waals surface area contributed by atoms with Crippen LogP contribution < -0.4 is 10.1 Å². The highest BCUT2D eigenvalue weighted by molar-refractivity contribution is 7.89. The van der Waals surface area contributed by atoms with Crippen molar-refractivity contribution in [3.05, 3.63) is 95.3 Å². The minimum absolute atomic E-state index is 0.0944. The van der Waals surface area contributed by atoms with Crippen molar-refractivity contribution in [3.8, 4) is 5.75 Å².